The minimum absolute atomic E-state index is 0.139. The molecule has 228 valence electrons. The second-order valence-electron chi connectivity index (χ2n) is 10.0. The van der Waals surface area contributed by atoms with E-state index in [-0.39, 0.29) is 25.4 Å². The number of nitrogens with zero attached hydrogens (tertiary/aromatic N) is 6. The number of nitrogens with one attached hydrogen (secondary N) is 2. The number of tetrazole rings is 1. The van der Waals surface area contributed by atoms with Crippen LogP contribution in [0, 0.1) is 0 Å². The van der Waals surface area contributed by atoms with E-state index in [2.05, 4.69) is 36.4 Å². The Morgan fingerprint density at radius 1 is 0.889 bits per heavy atom. The van der Waals surface area contributed by atoms with E-state index in [9.17, 15) is 14.4 Å². The largest absolute Gasteiger partial charge is 0.481 e. The number of rotatable bonds is 13. The van der Waals surface area contributed by atoms with Crippen molar-refractivity contribution < 1.29 is 24.2 Å². The van der Waals surface area contributed by atoms with Gasteiger partial charge in [-0.25, -0.2) is 9.48 Å². The lowest BCUT2D eigenvalue weighted by Gasteiger charge is -2.19. The molecule has 0 saturated heterocycles. The summed E-state index contributed by atoms with van der Waals surface area (Å²) in [5.74, 6) is -1.19. The van der Waals surface area contributed by atoms with Gasteiger partial charge >= 0.3 is 12.1 Å². The van der Waals surface area contributed by atoms with Crippen molar-refractivity contribution in [2.45, 2.75) is 31.7 Å². The highest BCUT2D eigenvalue weighted by Gasteiger charge is 2.19. The van der Waals surface area contributed by atoms with Gasteiger partial charge in [0.25, 0.3) is 0 Å². The van der Waals surface area contributed by atoms with Crippen molar-refractivity contribution in [1.82, 2.24) is 35.7 Å². The van der Waals surface area contributed by atoms with Gasteiger partial charge in [0.1, 0.15) is 12.9 Å². The number of benzene rings is 3. The van der Waals surface area contributed by atoms with Crippen molar-refractivity contribution in [3.8, 4) is 16.8 Å². The molecule has 13 nitrogen and oxygen atoms in total. The third kappa shape index (κ3) is 8.76. The summed E-state index contributed by atoms with van der Waals surface area (Å²) < 4.78 is 6.44. The van der Waals surface area contributed by atoms with Gasteiger partial charge in [0.2, 0.25) is 5.91 Å². The van der Waals surface area contributed by atoms with Crippen LogP contribution in [-0.2, 0) is 27.2 Å². The second-order valence-corrected chi connectivity index (χ2v) is 10.0. The van der Waals surface area contributed by atoms with Crippen molar-refractivity contribution in [2.24, 2.45) is 0 Å². The summed E-state index contributed by atoms with van der Waals surface area (Å²) in [7, 11) is 0. The smallest absolute Gasteiger partial charge is 0.411 e. The van der Waals surface area contributed by atoms with Crippen LogP contribution in [0.25, 0.3) is 16.8 Å². The number of aromatic nitrogens is 6. The van der Waals surface area contributed by atoms with Gasteiger partial charge in [0.05, 0.1) is 30.0 Å². The zero-order chi connectivity index (χ0) is 31.4. The number of hydrogen-bond acceptors (Lipinski definition) is 9. The van der Waals surface area contributed by atoms with Gasteiger partial charge in [-0.3, -0.25) is 14.9 Å². The van der Waals surface area contributed by atoms with Crippen LogP contribution < -0.4 is 10.6 Å². The lowest BCUT2D eigenvalue weighted by molar-refractivity contribution is -0.137. The van der Waals surface area contributed by atoms with Gasteiger partial charge in [-0.1, -0.05) is 60.7 Å². The first-order valence-corrected chi connectivity index (χ1v) is 14.2. The Morgan fingerprint density at radius 3 is 2.42 bits per heavy atom. The van der Waals surface area contributed by atoms with Crippen molar-refractivity contribution in [1.29, 1.82) is 0 Å². The molecular weight excluding hydrogens is 576 g/mol. The summed E-state index contributed by atoms with van der Waals surface area (Å²) in [6, 6.07) is 25.9. The second kappa shape index (κ2) is 15.0. The molecule has 3 N–H and O–H groups in total. The number of carboxylic acid groups (broad SMARTS) is 1. The van der Waals surface area contributed by atoms with Crippen molar-refractivity contribution in [3.63, 3.8) is 0 Å². The van der Waals surface area contributed by atoms with E-state index in [0.717, 1.165) is 27.9 Å². The molecule has 13 heteroatoms. The van der Waals surface area contributed by atoms with E-state index in [1.165, 1.54) is 6.33 Å². The van der Waals surface area contributed by atoms with Gasteiger partial charge in [0, 0.05) is 17.7 Å². The van der Waals surface area contributed by atoms with Crippen LogP contribution in [0.1, 0.15) is 35.7 Å². The van der Waals surface area contributed by atoms with E-state index in [1.54, 1.807) is 35.1 Å². The number of amides is 2. The van der Waals surface area contributed by atoms with E-state index < -0.39 is 18.1 Å². The summed E-state index contributed by atoms with van der Waals surface area (Å²) in [4.78, 5) is 35.8. The van der Waals surface area contributed by atoms with Crippen molar-refractivity contribution in [2.75, 3.05) is 11.9 Å². The fourth-order valence-corrected chi connectivity index (χ4v) is 4.65. The number of anilines is 1. The number of para-hydroxylation sites is 1. The number of aryl methyl sites for hydroxylation is 1. The summed E-state index contributed by atoms with van der Waals surface area (Å²) in [6.45, 7) is -0.223. The van der Waals surface area contributed by atoms with Crippen LogP contribution in [0.3, 0.4) is 0 Å². The Hall–Kier alpha value is -5.98. The van der Waals surface area contributed by atoms with E-state index in [1.807, 2.05) is 60.7 Å². The van der Waals surface area contributed by atoms with E-state index in [0.29, 0.717) is 24.2 Å². The average molecular weight is 607 g/mol. The van der Waals surface area contributed by atoms with Gasteiger partial charge < -0.3 is 15.2 Å². The molecule has 2 amide bonds. The highest BCUT2D eigenvalue weighted by Crippen LogP contribution is 2.25. The molecule has 45 heavy (non-hydrogen) atoms. The number of carbonyl (C=O) groups excluding carboxylic acids is 2. The standard InChI is InChI=1S/C32H30N8O5/c41-30(15-12-24-8-4-5-9-29(24)40-21-34-38-39-40)36-27(18-22-6-2-1-3-7-22)28-19-25(20-33-37-28)23-10-13-26(14-11-23)35-32(44)45-17-16-31(42)43/h1-11,13-14,19-21,27H,12,15-18H2,(H,35,44)(H,36,41)(H,42,43). The van der Waals surface area contributed by atoms with Gasteiger partial charge in [0.15, 0.2) is 0 Å². The minimum Gasteiger partial charge on any atom is -0.481 e. The molecule has 0 saturated carbocycles. The predicted octanol–water partition coefficient (Wildman–Crippen LogP) is 4.18. The molecule has 5 rings (SSSR count). The molecule has 3 aromatic carbocycles. The zero-order valence-electron chi connectivity index (χ0n) is 24.1. The summed E-state index contributed by atoms with van der Waals surface area (Å²) in [5, 5.41) is 34.4. The molecule has 0 aliphatic carbocycles. The van der Waals surface area contributed by atoms with Crippen LogP contribution in [0.4, 0.5) is 10.5 Å². The Morgan fingerprint density at radius 2 is 1.67 bits per heavy atom. The summed E-state index contributed by atoms with van der Waals surface area (Å²) in [5.41, 5.74) is 5.46. The van der Waals surface area contributed by atoms with Gasteiger partial charge in [-0.15, -0.1) is 5.10 Å². The van der Waals surface area contributed by atoms with Gasteiger partial charge in [-0.05, 0) is 64.2 Å². The normalized spacial score (nSPS) is 11.4. The number of hydrogen-bond donors (Lipinski definition) is 3. The molecule has 0 fully saturated rings. The number of carbonyl (C=O) groups is 3. The third-order valence-electron chi connectivity index (χ3n) is 6.87. The average Bonchev–Trinajstić information content (AvgIpc) is 3.59. The molecule has 0 spiro atoms. The van der Waals surface area contributed by atoms with Crippen molar-refractivity contribution >= 4 is 23.7 Å². The molecule has 5 aromatic rings. The maximum absolute atomic E-state index is 13.3. The molecule has 2 heterocycles. The highest BCUT2D eigenvalue weighted by molar-refractivity contribution is 5.85. The van der Waals surface area contributed by atoms with E-state index in [4.69, 9.17) is 9.84 Å². The monoisotopic (exact) mass is 606 g/mol. The van der Waals surface area contributed by atoms with Gasteiger partial charge in [-0.2, -0.15) is 10.2 Å². The lowest BCUT2D eigenvalue weighted by Crippen LogP contribution is -2.31. The first kappa shape index (κ1) is 30.5. The summed E-state index contributed by atoms with van der Waals surface area (Å²) in [6.07, 6.45) is 3.37. The molecule has 2 aromatic heterocycles. The Kier molecular flexibility index (Phi) is 10.1. The Balaban J connectivity index is 1.28. The molecule has 0 aliphatic heterocycles. The first-order valence-electron chi connectivity index (χ1n) is 14.2. The predicted molar refractivity (Wildman–Crippen MR) is 163 cm³/mol. The zero-order valence-corrected chi connectivity index (χ0v) is 24.1. The molecular formula is C32H30N8O5. The third-order valence-corrected chi connectivity index (χ3v) is 6.87. The molecule has 0 aliphatic rings. The van der Waals surface area contributed by atoms with E-state index >= 15 is 0 Å². The first-order chi connectivity index (χ1) is 21.9. The molecule has 1 atom stereocenters. The van der Waals surface area contributed by atoms with Crippen LogP contribution in [-0.4, -0.2) is 60.1 Å². The van der Waals surface area contributed by atoms with Crippen LogP contribution >= 0.6 is 0 Å². The highest BCUT2D eigenvalue weighted by atomic mass is 16.5. The fraction of sp³-hybridized carbons (Fsp3) is 0.188. The molecule has 0 radical (unpaired) electrons. The topological polar surface area (TPSA) is 174 Å². The minimum atomic E-state index is -1.05. The quantitative estimate of drug-likeness (QED) is 0.176. The molecule has 0 bridgehead atoms. The van der Waals surface area contributed by atoms with Crippen LogP contribution in [0.15, 0.2) is 97.5 Å². The lowest BCUT2D eigenvalue weighted by atomic mass is 10.00. The maximum atomic E-state index is 13.3. The number of aliphatic carboxylic acids is 1. The fourth-order valence-electron chi connectivity index (χ4n) is 4.65. The van der Waals surface area contributed by atoms with Crippen LogP contribution in [0.5, 0.6) is 0 Å². The SMILES string of the molecule is O=C(O)CCOC(=O)Nc1ccc(-c2cnnc(C(Cc3ccccc3)NC(=O)CCc3ccccc3-n3cnnn3)c2)cc1. The number of ether oxygens (including phenoxy) is 1. The summed E-state index contributed by atoms with van der Waals surface area (Å²) >= 11 is 0. The maximum Gasteiger partial charge on any atom is 0.411 e. The Labute approximate surface area is 258 Å². The van der Waals surface area contributed by atoms with Crippen LogP contribution in [0.2, 0.25) is 0 Å². The molecule has 1 unspecified atom stereocenters. The van der Waals surface area contributed by atoms with Crippen molar-refractivity contribution in [3.05, 3.63) is 114 Å². The Bertz CT molecular complexity index is 1730. The number of carboxylic acids is 1.